The molecule has 0 amide bonds. The largest absolute Gasteiger partial charge is 0.310 e. The fourth-order valence-electron chi connectivity index (χ4n) is 9.26. The van der Waals surface area contributed by atoms with Gasteiger partial charge in [-0.05, 0) is 122 Å². The SMILES string of the molecule is CC1(C)c2ccccc2-c2ccc(N(c3ccc(-c4ccccc4)cc3)c3ccc4c(c3)c3ccccc3n4-c3ccc(-c4ccc5ccccc5c4)cc3)cc21. The van der Waals surface area contributed by atoms with E-state index >= 15 is 0 Å². The Labute approximate surface area is 333 Å². The van der Waals surface area contributed by atoms with Gasteiger partial charge in [0.15, 0.2) is 0 Å². The summed E-state index contributed by atoms with van der Waals surface area (Å²) in [5, 5.41) is 4.97. The summed E-state index contributed by atoms with van der Waals surface area (Å²) in [7, 11) is 0. The van der Waals surface area contributed by atoms with Crippen LogP contribution in [0.15, 0.2) is 206 Å². The van der Waals surface area contributed by atoms with Crippen molar-refractivity contribution in [2.45, 2.75) is 19.3 Å². The third-order valence-corrected chi connectivity index (χ3v) is 12.2. The number of rotatable bonds is 6. The number of fused-ring (bicyclic) bond motifs is 7. The van der Waals surface area contributed by atoms with Crippen molar-refractivity contribution in [1.29, 1.82) is 0 Å². The third kappa shape index (κ3) is 5.40. The lowest BCUT2D eigenvalue weighted by Gasteiger charge is -2.28. The molecule has 1 aromatic heterocycles. The van der Waals surface area contributed by atoms with Crippen molar-refractivity contribution in [3.8, 4) is 39.1 Å². The van der Waals surface area contributed by atoms with Crippen LogP contribution in [0.4, 0.5) is 17.1 Å². The fraction of sp³-hybridized carbons (Fsp3) is 0.0545. The Morgan fingerprint density at radius 1 is 0.368 bits per heavy atom. The van der Waals surface area contributed by atoms with Crippen LogP contribution >= 0.6 is 0 Å². The molecule has 10 aromatic rings. The molecule has 270 valence electrons. The first-order valence-corrected chi connectivity index (χ1v) is 19.8. The maximum Gasteiger partial charge on any atom is 0.0542 e. The summed E-state index contributed by atoms with van der Waals surface area (Å²) in [5.74, 6) is 0. The second-order valence-corrected chi connectivity index (χ2v) is 15.8. The second-order valence-electron chi connectivity index (χ2n) is 15.8. The van der Waals surface area contributed by atoms with E-state index < -0.39 is 0 Å². The van der Waals surface area contributed by atoms with Crippen molar-refractivity contribution in [2.24, 2.45) is 0 Å². The van der Waals surface area contributed by atoms with Gasteiger partial charge in [0.05, 0.1) is 11.0 Å². The van der Waals surface area contributed by atoms with Gasteiger partial charge < -0.3 is 9.47 Å². The van der Waals surface area contributed by atoms with Crippen LogP contribution in [0.1, 0.15) is 25.0 Å². The lowest BCUT2D eigenvalue weighted by atomic mass is 9.82. The Balaban J connectivity index is 1.05. The molecule has 0 N–H and O–H groups in total. The maximum atomic E-state index is 2.43. The van der Waals surface area contributed by atoms with Gasteiger partial charge in [-0.1, -0.05) is 153 Å². The zero-order valence-corrected chi connectivity index (χ0v) is 32.0. The molecule has 1 heterocycles. The van der Waals surface area contributed by atoms with Gasteiger partial charge in [-0.25, -0.2) is 0 Å². The van der Waals surface area contributed by atoms with Gasteiger partial charge in [-0.15, -0.1) is 0 Å². The molecule has 0 saturated carbocycles. The third-order valence-electron chi connectivity index (χ3n) is 12.2. The molecule has 0 radical (unpaired) electrons. The number of para-hydroxylation sites is 1. The van der Waals surface area contributed by atoms with Crippen molar-refractivity contribution in [3.63, 3.8) is 0 Å². The monoisotopic (exact) mass is 728 g/mol. The minimum Gasteiger partial charge on any atom is -0.310 e. The Bertz CT molecular complexity index is 3130. The average molecular weight is 729 g/mol. The van der Waals surface area contributed by atoms with E-state index in [0.29, 0.717) is 0 Å². The summed E-state index contributed by atoms with van der Waals surface area (Å²) < 4.78 is 2.41. The standard InChI is InChI=1S/C55H40N2/c1-55(2)51-18-10-8-16-47(51)48-32-30-46(36-52(48)55)56(43-26-22-39(23-27-43)37-12-4-3-5-13-37)45-31-33-54-50(35-45)49-17-9-11-19-53(49)57(54)44-28-24-40(25-29-44)42-21-20-38-14-6-7-15-41(38)34-42/h3-36H,1-2H3. The molecular formula is C55H40N2. The van der Waals surface area contributed by atoms with E-state index in [1.165, 1.54) is 77.1 Å². The quantitative estimate of drug-likeness (QED) is 0.165. The molecule has 0 spiro atoms. The smallest absolute Gasteiger partial charge is 0.0542 e. The first kappa shape index (κ1) is 33.2. The Kier molecular flexibility index (Phi) is 7.55. The molecule has 0 atom stereocenters. The number of hydrogen-bond donors (Lipinski definition) is 0. The predicted octanol–water partition coefficient (Wildman–Crippen LogP) is 15.0. The summed E-state index contributed by atoms with van der Waals surface area (Å²) in [6.45, 7) is 4.71. The molecule has 0 unspecified atom stereocenters. The highest BCUT2D eigenvalue weighted by Crippen LogP contribution is 2.51. The zero-order chi connectivity index (χ0) is 38.1. The first-order valence-electron chi connectivity index (χ1n) is 19.8. The summed E-state index contributed by atoms with van der Waals surface area (Å²) in [6.07, 6.45) is 0. The Morgan fingerprint density at radius 2 is 0.947 bits per heavy atom. The van der Waals surface area contributed by atoms with E-state index in [0.717, 1.165) is 22.7 Å². The summed E-state index contributed by atoms with van der Waals surface area (Å²) in [5.41, 5.74) is 17.1. The van der Waals surface area contributed by atoms with Gasteiger partial charge in [-0.3, -0.25) is 0 Å². The van der Waals surface area contributed by atoms with E-state index in [9.17, 15) is 0 Å². The molecule has 11 rings (SSSR count). The topological polar surface area (TPSA) is 8.17 Å². The fourth-order valence-corrected chi connectivity index (χ4v) is 9.26. The van der Waals surface area contributed by atoms with Crippen LogP contribution < -0.4 is 4.90 Å². The number of benzene rings is 9. The minimum absolute atomic E-state index is 0.105. The van der Waals surface area contributed by atoms with E-state index in [1.807, 2.05) is 0 Å². The van der Waals surface area contributed by atoms with Gasteiger partial charge in [0, 0.05) is 38.9 Å². The van der Waals surface area contributed by atoms with E-state index in [4.69, 9.17) is 0 Å². The summed E-state index contributed by atoms with van der Waals surface area (Å²) in [6, 6.07) is 75.7. The van der Waals surface area contributed by atoms with Crippen molar-refractivity contribution < 1.29 is 0 Å². The molecule has 2 nitrogen and oxygen atoms in total. The average Bonchev–Trinajstić information content (AvgIpc) is 3.72. The highest BCUT2D eigenvalue weighted by Gasteiger charge is 2.35. The Morgan fingerprint density at radius 3 is 1.79 bits per heavy atom. The second kappa shape index (κ2) is 13.0. The first-order chi connectivity index (χ1) is 28.0. The molecule has 0 fully saturated rings. The molecule has 2 heteroatoms. The van der Waals surface area contributed by atoms with Crippen LogP contribution in [0, 0.1) is 0 Å². The minimum atomic E-state index is -0.105. The van der Waals surface area contributed by atoms with Crippen molar-refractivity contribution in [1.82, 2.24) is 4.57 Å². The Hall–Kier alpha value is -7.16. The molecule has 0 saturated heterocycles. The summed E-state index contributed by atoms with van der Waals surface area (Å²) in [4.78, 5) is 2.43. The van der Waals surface area contributed by atoms with Gasteiger partial charge in [0.25, 0.3) is 0 Å². The van der Waals surface area contributed by atoms with Crippen LogP contribution in [-0.4, -0.2) is 4.57 Å². The molecule has 1 aliphatic rings. The van der Waals surface area contributed by atoms with E-state index in [2.05, 4.69) is 230 Å². The van der Waals surface area contributed by atoms with Crippen LogP contribution in [0.3, 0.4) is 0 Å². The lowest BCUT2D eigenvalue weighted by Crippen LogP contribution is -2.16. The van der Waals surface area contributed by atoms with Crippen LogP contribution in [-0.2, 0) is 5.41 Å². The molecule has 9 aromatic carbocycles. The zero-order valence-electron chi connectivity index (χ0n) is 32.0. The molecule has 57 heavy (non-hydrogen) atoms. The summed E-state index contributed by atoms with van der Waals surface area (Å²) >= 11 is 0. The normalized spacial score (nSPS) is 12.9. The van der Waals surface area contributed by atoms with Crippen molar-refractivity contribution >= 4 is 49.6 Å². The molecular weight excluding hydrogens is 689 g/mol. The molecule has 1 aliphatic carbocycles. The van der Waals surface area contributed by atoms with Gasteiger partial charge in [-0.2, -0.15) is 0 Å². The van der Waals surface area contributed by atoms with Crippen LogP contribution in [0.25, 0.3) is 71.6 Å². The molecule has 0 bridgehead atoms. The number of anilines is 3. The highest BCUT2D eigenvalue weighted by atomic mass is 15.1. The maximum absolute atomic E-state index is 2.43. The van der Waals surface area contributed by atoms with E-state index in [1.54, 1.807) is 0 Å². The van der Waals surface area contributed by atoms with E-state index in [-0.39, 0.29) is 5.41 Å². The van der Waals surface area contributed by atoms with Gasteiger partial charge in [0.2, 0.25) is 0 Å². The van der Waals surface area contributed by atoms with Crippen molar-refractivity contribution in [2.75, 3.05) is 4.90 Å². The highest BCUT2D eigenvalue weighted by molar-refractivity contribution is 6.10. The number of hydrogen-bond acceptors (Lipinski definition) is 1. The van der Waals surface area contributed by atoms with Gasteiger partial charge >= 0.3 is 0 Å². The van der Waals surface area contributed by atoms with Crippen LogP contribution in [0.2, 0.25) is 0 Å². The number of nitrogens with zero attached hydrogens (tertiary/aromatic N) is 2. The van der Waals surface area contributed by atoms with Gasteiger partial charge in [0.1, 0.15) is 0 Å². The lowest BCUT2D eigenvalue weighted by molar-refractivity contribution is 0.660. The predicted molar refractivity (Wildman–Crippen MR) is 241 cm³/mol. The molecule has 0 aliphatic heterocycles. The number of aromatic nitrogens is 1. The van der Waals surface area contributed by atoms with Crippen molar-refractivity contribution in [3.05, 3.63) is 217 Å². The van der Waals surface area contributed by atoms with Crippen LogP contribution in [0.5, 0.6) is 0 Å².